The van der Waals surface area contributed by atoms with Crippen molar-refractivity contribution in [3.63, 3.8) is 0 Å². The molecule has 1 unspecified atom stereocenters. The lowest BCUT2D eigenvalue weighted by Crippen LogP contribution is -2.29. The number of benzene rings is 1. The zero-order valence-electron chi connectivity index (χ0n) is 12.8. The molecule has 20 heavy (non-hydrogen) atoms. The minimum absolute atomic E-state index is 0.449. The Balaban J connectivity index is 3.20. The number of carboxylic acid groups (broad SMARTS) is 1. The molecule has 0 bridgehead atoms. The average molecular weight is 295 g/mol. The monoisotopic (exact) mass is 295 g/mol. The van der Waals surface area contributed by atoms with Gasteiger partial charge in [-0.2, -0.15) is 0 Å². The number of nitrogens with zero attached hydrogens (tertiary/aromatic N) is 1. The van der Waals surface area contributed by atoms with Crippen LogP contribution in [-0.2, 0) is 0 Å². The highest BCUT2D eigenvalue weighted by atomic mass is 32.2. The van der Waals surface area contributed by atoms with Crippen LogP contribution in [0.25, 0.3) is 0 Å². The first kappa shape index (κ1) is 16.9. The molecule has 0 saturated carbocycles. The third kappa shape index (κ3) is 4.17. The lowest BCUT2D eigenvalue weighted by molar-refractivity contribution is 0.0694. The van der Waals surface area contributed by atoms with Crippen LogP contribution in [0.2, 0.25) is 0 Å². The second-order valence-electron chi connectivity index (χ2n) is 4.94. The first-order valence-corrected chi connectivity index (χ1v) is 8.27. The SMILES string of the molecule is CCSc1cccc(N(CC)CC(C)CC)c1C(=O)O. The van der Waals surface area contributed by atoms with Crippen LogP contribution in [-0.4, -0.2) is 29.9 Å². The van der Waals surface area contributed by atoms with Crippen molar-refractivity contribution in [2.24, 2.45) is 5.92 Å². The predicted octanol–water partition coefficient (Wildman–Crippen LogP) is 4.37. The van der Waals surface area contributed by atoms with Gasteiger partial charge in [-0.1, -0.05) is 33.3 Å². The largest absolute Gasteiger partial charge is 0.478 e. The molecule has 0 aliphatic heterocycles. The molecular formula is C16H25NO2S. The predicted molar refractivity (Wildman–Crippen MR) is 87.1 cm³/mol. The van der Waals surface area contributed by atoms with E-state index < -0.39 is 5.97 Å². The standard InChI is InChI=1S/C16H25NO2S/c1-5-12(4)11-17(6-2)13-9-8-10-14(20-7-3)15(13)16(18)19/h8-10,12H,5-7,11H2,1-4H3,(H,18,19). The second kappa shape index (κ2) is 8.20. The molecule has 0 fully saturated rings. The van der Waals surface area contributed by atoms with Crippen molar-refractivity contribution in [3.8, 4) is 0 Å². The number of rotatable bonds is 8. The Bertz CT molecular complexity index is 448. The summed E-state index contributed by atoms with van der Waals surface area (Å²) >= 11 is 1.59. The average Bonchev–Trinajstić information content (AvgIpc) is 2.44. The van der Waals surface area contributed by atoms with E-state index in [1.54, 1.807) is 11.8 Å². The highest BCUT2D eigenvalue weighted by Gasteiger charge is 2.20. The Morgan fingerprint density at radius 2 is 2.05 bits per heavy atom. The number of carbonyl (C=O) groups is 1. The van der Waals surface area contributed by atoms with Crippen molar-refractivity contribution >= 4 is 23.4 Å². The fourth-order valence-electron chi connectivity index (χ4n) is 2.18. The van der Waals surface area contributed by atoms with Gasteiger partial charge >= 0.3 is 5.97 Å². The van der Waals surface area contributed by atoms with Gasteiger partial charge in [-0.25, -0.2) is 4.79 Å². The maximum atomic E-state index is 11.7. The third-order valence-electron chi connectivity index (χ3n) is 3.47. The Labute approximate surface area is 126 Å². The first-order valence-electron chi connectivity index (χ1n) is 7.29. The van der Waals surface area contributed by atoms with Crippen molar-refractivity contribution in [2.45, 2.75) is 39.0 Å². The topological polar surface area (TPSA) is 40.5 Å². The number of hydrogen-bond acceptors (Lipinski definition) is 3. The van der Waals surface area contributed by atoms with Crippen LogP contribution < -0.4 is 4.90 Å². The lowest BCUT2D eigenvalue weighted by Gasteiger charge is -2.28. The summed E-state index contributed by atoms with van der Waals surface area (Å²) in [5, 5.41) is 9.57. The van der Waals surface area contributed by atoms with Crippen molar-refractivity contribution in [2.75, 3.05) is 23.7 Å². The summed E-state index contributed by atoms with van der Waals surface area (Å²) in [4.78, 5) is 14.7. The molecule has 0 radical (unpaired) electrons. The van der Waals surface area contributed by atoms with Gasteiger partial charge < -0.3 is 10.0 Å². The fourth-order valence-corrected chi connectivity index (χ4v) is 3.00. The molecule has 0 saturated heterocycles. The maximum absolute atomic E-state index is 11.7. The highest BCUT2D eigenvalue weighted by molar-refractivity contribution is 7.99. The molecular weight excluding hydrogens is 270 g/mol. The van der Waals surface area contributed by atoms with Crippen molar-refractivity contribution in [1.29, 1.82) is 0 Å². The van der Waals surface area contributed by atoms with Gasteiger partial charge in [0.25, 0.3) is 0 Å². The minimum Gasteiger partial charge on any atom is -0.478 e. The second-order valence-corrected chi connectivity index (χ2v) is 6.25. The van der Waals surface area contributed by atoms with E-state index in [-0.39, 0.29) is 0 Å². The molecule has 0 aromatic heterocycles. The fraction of sp³-hybridized carbons (Fsp3) is 0.562. The number of aromatic carboxylic acids is 1. The molecule has 1 rings (SSSR count). The number of hydrogen-bond donors (Lipinski definition) is 1. The van der Waals surface area contributed by atoms with Crippen LogP contribution >= 0.6 is 11.8 Å². The molecule has 0 spiro atoms. The van der Waals surface area contributed by atoms with E-state index in [1.807, 2.05) is 25.1 Å². The van der Waals surface area contributed by atoms with Gasteiger partial charge in [-0.05, 0) is 30.7 Å². The molecule has 1 aromatic carbocycles. The van der Waals surface area contributed by atoms with E-state index in [1.165, 1.54) is 0 Å². The quantitative estimate of drug-likeness (QED) is 0.723. The van der Waals surface area contributed by atoms with E-state index in [0.29, 0.717) is 11.5 Å². The van der Waals surface area contributed by atoms with Crippen LogP contribution in [0, 0.1) is 5.92 Å². The first-order chi connectivity index (χ1) is 9.54. The highest BCUT2D eigenvalue weighted by Crippen LogP contribution is 2.31. The zero-order chi connectivity index (χ0) is 15.1. The Morgan fingerprint density at radius 3 is 2.55 bits per heavy atom. The van der Waals surface area contributed by atoms with Gasteiger partial charge in [-0.15, -0.1) is 11.8 Å². The summed E-state index contributed by atoms with van der Waals surface area (Å²) in [7, 11) is 0. The molecule has 1 N–H and O–H groups in total. The molecule has 1 aromatic rings. The van der Waals surface area contributed by atoms with Crippen LogP contribution in [0.15, 0.2) is 23.1 Å². The Kier molecular flexibility index (Phi) is 6.93. The molecule has 0 aliphatic carbocycles. The van der Waals surface area contributed by atoms with Gasteiger partial charge in [0, 0.05) is 18.0 Å². The molecule has 1 atom stereocenters. The van der Waals surface area contributed by atoms with Gasteiger partial charge in [-0.3, -0.25) is 0 Å². The van der Waals surface area contributed by atoms with E-state index in [4.69, 9.17) is 0 Å². The molecule has 3 nitrogen and oxygen atoms in total. The summed E-state index contributed by atoms with van der Waals surface area (Å²) in [6.45, 7) is 10.2. The van der Waals surface area contributed by atoms with E-state index >= 15 is 0 Å². The van der Waals surface area contributed by atoms with Crippen LogP contribution in [0.5, 0.6) is 0 Å². The lowest BCUT2D eigenvalue weighted by atomic mass is 10.1. The van der Waals surface area contributed by atoms with Crippen molar-refractivity contribution in [1.82, 2.24) is 0 Å². The van der Waals surface area contributed by atoms with E-state index in [0.717, 1.165) is 35.8 Å². The number of carboxylic acids is 1. The minimum atomic E-state index is -0.834. The smallest absolute Gasteiger partial charge is 0.338 e. The van der Waals surface area contributed by atoms with E-state index in [2.05, 4.69) is 25.7 Å². The normalized spacial score (nSPS) is 12.2. The molecule has 0 amide bonds. The van der Waals surface area contributed by atoms with Crippen molar-refractivity contribution < 1.29 is 9.90 Å². The molecule has 0 aliphatic rings. The molecule has 4 heteroatoms. The van der Waals surface area contributed by atoms with Crippen LogP contribution in [0.3, 0.4) is 0 Å². The van der Waals surface area contributed by atoms with Crippen LogP contribution in [0.4, 0.5) is 5.69 Å². The van der Waals surface area contributed by atoms with Gasteiger partial charge in [0.15, 0.2) is 0 Å². The Hall–Kier alpha value is -1.16. The summed E-state index contributed by atoms with van der Waals surface area (Å²) in [6, 6.07) is 5.78. The zero-order valence-corrected chi connectivity index (χ0v) is 13.7. The number of anilines is 1. The summed E-state index contributed by atoms with van der Waals surface area (Å²) in [5.41, 5.74) is 1.29. The summed E-state index contributed by atoms with van der Waals surface area (Å²) in [6.07, 6.45) is 1.10. The molecule has 0 heterocycles. The van der Waals surface area contributed by atoms with Gasteiger partial charge in [0.2, 0.25) is 0 Å². The third-order valence-corrected chi connectivity index (χ3v) is 4.41. The van der Waals surface area contributed by atoms with Gasteiger partial charge in [0.05, 0.1) is 11.3 Å². The molecule has 112 valence electrons. The van der Waals surface area contributed by atoms with Gasteiger partial charge in [0.1, 0.15) is 0 Å². The maximum Gasteiger partial charge on any atom is 0.338 e. The summed E-state index contributed by atoms with van der Waals surface area (Å²) in [5.74, 6) is 0.597. The Morgan fingerprint density at radius 1 is 1.35 bits per heavy atom. The van der Waals surface area contributed by atoms with Crippen LogP contribution in [0.1, 0.15) is 44.5 Å². The summed E-state index contributed by atoms with van der Waals surface area (Å²) < 4.78 is 0. The van der Waals surface area contributed by atoms with Crippen molar-refractivity contribution in [3.05, 3.63) is 23.8 Å². The number of thioether (sulfide) groups is 1. The van der Waals surface area contributed by atoms with E-state index in [9.17, 15) is 9.90 Å².